The van der Waals surface area contributed by atoms with Crippen molar-refractivity contribution in [2.75, 3.05) is 38.2 Å². The van der Waals surface area contributed by atoms with Crippen molar-refractivity contribution in [2.45, 2.75) is 25.8 Å². The maximum atomic E-state index is 11.2. The minimum Gasteiger partial charge on any atom is -0.317 e. The second-order valence-corrected chi connectivity index (χ2v) is 5.70. The first-order chi connectivity index (χ1) is 6.76. The Morgan fingerprint density at radius 1 is 1.43 bits per heavy atom. The molecular formula is C10H22N2OS. The van der Waals surface area contributed by atoms with Crippen LogP contribution in [0.25, 0.3) is 0 Å². The van der Waals surface area contributed by atoms with Crippen molar-refractivity contribution in [3.05, 3.63) is 0 Å². The molecule has 3 nitrogen and oxygen atoms in total. The van der Waals surface area contributed by atoms with Crippen LogP contribution < -0.4 is 5.32 Å². The Labute approximate surface area is 89.7 Å². The fraction of sp³-hybridized carbons (Fsp3) is 1.00. The zero-order valence-corrected chi connectivity index (χ0v) is 10.1. The SMILES string of the molecule is CCS(=O)CCN1CCC(NC)CC1. The van der Waals surface area contributed by atoms with Gasteiger partial charge in [0.15, 0.2) is 0 Å². The van der Waals surface area contributed by atoms with E-state index in [1.165, 1.54) is 12.8 Å². The molecule has 1 fully saturated rings. The van der Waals surface area contributed by atoms with Crippen molar-refractivity contribution >= 4 is 10.8 Å². The molecule has 0 amide bonds. The van der Waals surface area contributed by atoms with Crippen LogP contribution in [0.4, 0.5) is 0 Å². The molecule has 1 unspecified atom stereocenters. The van der Waals surface area contributed by atoms with Crippen LogP contribution in [0.3, 0.4) is 0 Å². The summed E-state index contributed by atoms with van der Waals surface area (Å²) >= 11 is 0. The Balaban J connectivity index is 2.13. The zero-order chi connectivity index (χ0) is 10.4. The first kappa shape index (κ1) is 12.1. The number of nitrogens with zero attached hydrogens (tertiary/aromatic N) is 1. The normalized spacial score (nSPS) is 22.4. The van der Waals surface area contributed by atoms with Crippen LogP contribution in [0.1, 0.15) is 19.8 Å². The minimum absolute atomic E-state index is 0.596. The molecule has 84 valence electrons. The molecule has 1 aliphatic rings. The van der Waals surface area contributed by atoms with E-state index in [1.54, 1.807) is 0 Å². The van der Waals surface area contributed by atoms with Crippen LogP contribution in [0.15, 0.2) is 0 Å². The largest absolute Gasteiger partial charge is 0.317 e. The maximum Gasteiger partial charge on any atom is 0.0362 e. The number of hydrogen-bond donors (Lipinski definition) is 1. The Kier molecular flexibility index (Phi) is 5.67. The fourth-order valence-electron chi connectivity index (χ4n) is 1.82. The third kappa shape index (κ3) is 4.07. The average molecular weight is 218 g/mol. The van der Waals surface area contributed by atoms with Gasteiger partial charge in [0.1, 0.15) is 0 Å². The van der Waals surface area contributed by atoms with E-state index in [0.717, 1.165) is 31.1 Å². The molecule has 1 saturated heterocycles. The first-order valence-corrected chi connectivity index (χ1v) is 6.99. The summed E-state index contributed by atoms with van der Waals surface area (Å²) in [5.41, 5.74) is 0. The minimum atomic E-state index is -0.596. The lowest BCUT2D eigenvalue weighted by molar-refractivity contribution is 0.212. The Bertz CT molecular complexity index is 179. The predicted molar refractivity (Wildman–Crippen MR) is 62.1 cm³/mol. The Hall–Kier alpha value is 0.0700. The zero-order valence-electron chi connectivity index (χ0n) is 9.29. The molecule has 14 heavy (non-hydrogen) atoms. The number of piperidine rings is 1. The average Bonchev–Trinajstić information content (AvgIpc) is 2.26. The van der Waals surface area contributed by atoms with Gasteiger partial charge in [-0.2, -0.15) is 0 Å². The van der Waals surface area contributed by atoms with E-state index < -0.39 is 10.8 Å². The van der Waals surface area contributed by atoms with Crippen LogP contribution in [-0.4, -0.2) is 53.3 Å². The molecule has 0 bridgehead atoms. The van der Waals surface area contributed by atoms with Gasteiger partial charge in [-0.15, -0.1) is 0 Å². The number of rotatable bonds is 5. The molecule has 0 aromatic carbocycles. The van der Waals surface area contributed by atoms with E-state index in [1.807, 2.05) is 14.0 Å². The third-order valence-corrected chi connectivity index (χ3v) is 4.23. The van der Waals surface area contributed by atoms with Crippen LogP contribution >= 0.6 is 0 Å². The van der Waals surface area contributed by atoms with Crippen molar-refractivity contribution < 1.29 is 4.21 Å². The van der Waals surface area contributed by atoms with Gasteiger partial charge in [-0.1, -0.05) is 6.92 Å². The van der Waals surface area contributed by atoms with Gasteiger partial charge in [-0.25, -0.2) is 0 Å². The van der Waals surface area contributed by atoms with Crippen molar-refractivity contribution in [3.63, 3.8) is 0 Å². The van der Waals surface area contributed by atoms with Gasteiger partial charge >= 0.3 is 0 Å². The molecule has 1 heterocycles. The molecule has 0 aliphatic carbocycles. The lowest BCUT2D eigenvalue weighted by atomic mass is 10.1. The van der Waals surface area contributed by atoms with Crippen molar-refractivity contribution in [2.24, 2.45) is 0 Å². The molecule has 0 aromatic rings. The molecule has 4 heteroatoms. The van der Waals surface area contributed by atoms with Gasteiger partial charge in [0.05, 0.1) is 0 Å². The highest BCUT2D eigenvalue weighted by molar-refractivity contribution is 7.84. The Morgan fingerprint density at radius 2 is 2.07 bits per heavy atom. The summed E-state index contributed by atoms with van der Waals surface area (Å²) in [6.45, 7) is 5.32. The number of likely N-dealkylation sites (tertiary alicyclic amines) is 1. The standard InChI is InChI=1S/C10H22N2OS/c1-3-14(13)9-8-12-6-4-10(11-2)5-7-12/h10-11H,3-9H2,1-2H3. The molecular weight excluding hydrogens is 196 g/mol. The molecule has 0 radical (unpaired) electrons. The first-order valence-electron chi connectivity index (χ1n) is 5.50. The molecule has 1 N–H and O–H groups in total. The topological polar surface area (TPSA) is 32.3 Å². The number of hydrogen-bond acceptors (Lipinski definition) is 3. The van der Waals surface area contributed by atoms with Gasteiger partial charge < -0.3 is 10.2 Å². The van der Waals surface area contributed by atoms with E-state index in [9.17, 15) is 4.21 Å². The highest BCUT2D eigenvalue weighted by atomic mass is 32.2. The fourth-order valence-corrected chi connectivity index (χ4v) is 2.57. The molecule has 1 aliphatic heterocycles. The third-order valence-electron chi connectivity index (χ3n) is 2.95. The van der Waals surface area contributed by atoms with Gasteiger partial charge in [0.25, 0.3) is 0 Å². The van der Waals surface area contributed by atoms with Crippen molar-refractivity contribution in [1.82, 2.24) is 10.2 Å². The highest BCUT2D eigenvalue weighted by Gasteiger charge is 2.17. The molecule has 0 aromatic heterocycles. The van der Waals surface area contributed by atoms with E-state index >= 15 is 0 Å². The van der Waals surface area contributed by atoms with Gasteiger partial charge in [-0.3, -0.25) is 4.21 Å². The van der Waals surface area contributed by atoms with Gasteiger partial charge in [0, 0.05) is 34.9 Å². The summed E-state index contributed by atoms with van der Waals surface area (Å²) in [6, 6.07) is 0.697. The van der Waals surface area contributed by atoms with Crippen LogP contribution in [0.2, 0.25) is 0 Å². The van der Waals surface area contributed by atoms with Crippen LogP contribution in [0.5, 0.6) is 0 Å². The summed E-state index contributed by atoms with van der Waals surface area (Å²) < 4.78 is 11.2. The monoisotopic (exact) mass is 218 g/mol. The molecule has 0 saturated carbocycles. The quantitative estimate of drug-likeness (QED) is 0.727. The summed E-state index contributed by atoms with van der Waals surface area (Å²) in [4.78, 5) is 2.43. The lowest BCUT2D eigenvalue weighted by Crippen LogP contribution is -2.42. The van der Waals surface area contributed by atoms with Crippen molar-refractivity contribution in [3.8, 4) is 0 Å². The summed E-state index contributed by atoms with van der Waals surface area (Å²) in [6.07, 6.45) is 2.46. The lowest BCUT2D eigenvalue weighted by Gasteiger charge is -2.31. The van der Waals surface area contributed by atoms with E-state index in [4.69, 9.17) is 0 Å². The van der Waals surface area contributed by atoms with Crippen LogP contribution in [0, 0.1) is 0 Å². The number of nitrogens with one attached hydrogen (secondary N) is 1. The van der Waals surface area contributed by atoms with E-state index in [-0.39, 0.29) is 0 Å². The molecule has 0 spiro atoms. The van der Waals surface area contributed by atoms with Crippen molar-refractivity contribution in [1.29, 1.82) is 0 Å². The summed E-state index contributed by atoms with van der Waals surface area (Å²) in [7, 11) is 1.44. The Morgan fingerprint density at radius 3 is 2.57 bits per heavy atom. The summed E-state index contributed by atoms with van der Waals surface area (Å²) in [5, 5.41) is 3.31. The molecule has 1 atom stereocenters. The van der Waals surface area contributed by atoms with E-state index in [0.29, 0.717) is 6.04 Å². The second kappa shape index (κ2) is 6.53. The van der Waals surface area contributed by atoms with Crippen LogP contribution in [-0.2, 0) is 10.8 Å². The van der Waals surface area contributed by atoms with Gasteiger partial charge in [0.2, 0.25) is 0 Å². The smallest absolute Gasteiger partial charge is 0.0362 e. The highest BCUT2D eigenvalue weighted by Crippen LogP contribution is 2.09. The predicted octanol–water partition coefficient (Wildman–Crippen LogP) is 0.439. The molecule has 1 rings (SSSR count). The second-order valence-electron chi connectivity index (χ2n) is 3.84. The maximum absolute atomic E-state index is 11.2. The van der Waals surface area contributed by atoms with Gasteiger partial charge in [-0.05, 0) is 33.0 Å². The van der Waals surface area contributed by atoms with E-state index in [2.05, 4.69) is 10.2 Å². The summed E-state index contributed by atoms with van der Waals surface area (Å²) in [5.74, 6) is 1.65.